The van der Waals surface area contributed by atoms with Crippen LogP contribution in [0.3, 0.4) is 0 Å². The van der Waals surface area contributed by atoms with Crippen LogP contribution in [0.1, 0.15) is 35.8 Å². The van der Waals surface area contributed by atoms with Crippen LogP contribution in [0.2, 0.25) is 0 Å². The van der Waals surface area contributed by atoms with Crippen molar-refractivity contribution < 1.29 is 22.7 Å². The number of ether oxygens (including phenoxy) is 1. The first-order valence-electron chi connectivity index (χ1n) is 11.0. The second-order valence-corrected chi connectivity index (χ2v) is 8.38. The summed E-state index contributed by atoms with van der Waals surface area (Å²) in [5.41, 5.74) is 3.95. The molecule has 0 bridgehead atoms. The summed E-state index contributed by atoms with van der Waals surface area (Å²) in [5, 5.41) is 4.27. The molecule has 2 aromatic carbocycles. The lowest BCUT2D eigenvalue weighted by atomic mass is 9.98. The quantitative estimate of drug-likeness (QED) is 0.496. The fraction of sp³-hybridized carbons (Fsp3) is 0.280. The van der Waals surface area contributed by atoms with Crippen LogP contribution in [0.5, 0.6) is 5.75 Å². The zero-order valence-corrected chi connectivity index (χ0v) is 18.8. The van der Waals surface area contributed by atoms with Gasteiger partial charge in [-0.3, -0.25) is 0 Å². The Hall–Kier alpha value is -3.75. The number of benzene rings is 2. The van der Waals surface area contributed by atoms with Crippen LogP contribution < -0.4 is 4.74 Å². The SMILES string of the molecule is COc1cc(C=C2CCCN3CC(c4cc(F)c(F)c(F)c4)ON=C23)ccc1-n1cnc(C)c1. The number of nitrogens with zero attached hydrogens (tertiary/aromatic N) is 4. The van der Waals surface area contributed by atoms with Gasteiger partial charge in [0.2, 0.25) is 0 Å². The predicted molar refractivity (Wildman–Crippen MR) is 121 cm³/mol. The number of aryl methyl sites for hydroxylation is 1. The number of piperidine rings is 1. The van der Waals surface area contributed by atoms with Crippen molar-refractivity contribution in [3.8, 4) is 11.4 Å². The Morgan fingerprint density at radius 2 is 1.94 bits per heavy atom. The average molecular weight is 468 g/mol. The molecule has 1 atom stereocenters. The molecular formula is C25H23F3N4O2. The minimum atomic E-state index is -1.49. The maximum Gasteiger partial charge on any atom is 0.194 e. The Labute approximate surface area is 194 Å². The third kappa shape index (κ3) is 4.13. The van der Waals surface area contributed by atoms with E-state index in [4.69, 9.17) is 9.57 Å². The van der Waals surface area contributed by atoms with Gasteiger partial charge in [-0.05, 0) is 61.2 Å². The molecular weight excluding hydrogens is 445 g/mol. The molecule has 0 spiro atoms. The molecule has 9 heteroatoms. The summed E-state index contributed by atoms with van der Waals surface area (Å²) >= 11 is 0. The van der Waals surface area contributed by atoms with E-state index in [9.17, 15) is 13.2 Å². The van der Waals surface area contributed by atoms with Gasteiger partial charge in [-0.1, -0.05) is 11.2 Å². The number of halogens is 3. The van der Waals surface area contributed by atoms with Crippen molar-refractivity contribution in [1.29, 1.82) is 0 Å². The first kappa shape index (κ1) is 22.1. The molecule has 1 fully saturated rings. The Morgan fingerprint density at radius 3 is 2.65 bits per heavy atom. The molecule has 34 heavy (non-hydrogen) atoms. The number of methoxy groups -OCH3 is 1. The summed E-state index contributed by atoms with van der Waals surface area (Å²) in [5.74, 6) is -2.57. The van der Waals surface area contributed by atoms with E-state index < -0.39 is 23.6 Å². The van der Waals surface area contributed by atoms with Crippen LogP contribution in [0.25, 0.3) is 11.8 Å². The third-order valence-electron chi connectivity index (χ3n) is 6.03. The normalized spacial score (nSPS) is 19.0. The molecule has 1 unspecified atom stereocenters. The second kappa shape index (κ2) is 8.89. The fourth-order valence-electron chi connectivity index (χ4n) is 4.34. The van der Waals surface area contributed by atoms with Gasteiger partial charge in [0.1, 0.15) is 5.75 Å². The van der Waals surface area contributed by atoms with E-state index >= 15 is 0 Å². The van der Waals surface area contributed by atoms with Crippen LogP contribution in [-0.2, 0) is 4.84 Å². The van der Waals surface area contributed by atoms with E-state index in [0.29, 0.717) is 18.1 Å². The molecule has 6 nitrogen and oxygen atoms in total. The Bertz CT molecular complexity index is 1280. The maximum absolute atomic E-state index is 13.7. The predicted octanol–water partition coefficient (Wildman–Crippen LogP) is 5.17. The van der Waals surface area contributed by atoms with Crippen molar-refractivity contribution in [2.75, 3.05) is 20.2 Å². The third-order valence-corrected chi connectivity index (χ3v) is 6.03. The molecule has 0 aliphatic carbocycles. The molecule has 3 heterocycles. The summed E-state index contributed by atoms with van der Waals surface area (Å²) in [6.07, 6.45) is 6.73. The molecule has 176 valence electrons. The van der Waals surface area contributed by atoms with Gasteiger partial charge in [0.25, 0.3) is 0 Å². The average Bonchev–Trinajstić information content (AvgIpc) is 3.28. The van der Waals surface area contributed by atoms with Crippen molar-refractivity contribution in [3.63, 3.8) is 0 Å². The molecule has 0 N–H and O–H groups in total. The van der Waals surface area contributed by atoms with E-state index in [2.05, 4.69) is 10.1 Å². The van der Waals surface area contributed by atoms with E-state index in [0.717, 1.165) is 54.0 Å². The number of amidine groups is 1. The second-order valence-electron chi connectivity index (χ2n) is 8.38. The Kier molecular flexibility index (Phi) is 5.77. The minimum Gasteiger partial charge on any atom is -0.495 e. The summed E-state index contributed by atoms with van der Waals surface area (Å²) < 4.78 is 48.2. The Morgan fingerprint density at radius 1 is 1.15 bits per heavy atom. The monoisotopic (exact) mass is 468 g/mol. The van der Waals surface area contributed by atoms with Gasteiger partial charge in [-0.25, -0.2) is 18.2 Å². The molecule has 3 aromatic rings. The highest BCUT2D eigenvalue weighted by Gasteiger charge is 2.31. The van der Waals surface area contributed by atoms with Crippen LogP contribution >= 0.6 is 0 Å². The van der Waals surface area contributed by atoms with Crippen molar-refractivity contribution >= 4 is 11.9 Å². The molecule has 1 saturated heterocycles. The number of rotatable bonds is 4. The summed E-state index contributed by atoms with van der Waals surface area (Å²) in [6.45, 7) is 3.03. The first-order valence-corrected chi connectivity index (χ1v) is 11.0. The van der Waals surface area contributed by atoms with Gasteiger partial charge in [-0.15, -0.1) is 0 Å². The highest BCUT2D eigenvalue weighted by atomic mass is 19.2. The topological polar surface area (TPSA) is 51.9 Å². The van der Waals surface area contributed by atoms with Gasteiger partial charge in [0.05, 0.1) is 31.4 Å². The maximum atomic E-state index is 13.7. The number of hydrogen-bond acceptors (Lipinski definition) is 5. The number of imidazole rings is 1. The fourth-order valence-corrected chi connectivity index (χ4v) is 4.34. The van der Waals surface area contributed by atoms with E-state index in [-0.39, 0.29) is 5.56 Å². The molecule has 0 amide bonds. The highest BCUT2D eigenvalue weighted by molar-refractivity contribution is 6.02. The van der Waals surface area contributed by atoms with E-state index in [1.807, 2.05) is 46.9 Å². The number of oxime groups is 1. The number of hydrogen-bond donors (Lipinski definition) is 0. The summed E-state index contributed by atoms with van der Waals surface area (Å²) in [6, 6.07) is 7.84. The van der Waals surface area contributed by atoms with E-state index in [1.165, 1.54) is 0 Å². The summed E-state index contributed by atoms with van der Waals surface area (Å²) in [4.78, 5) is 11.9. The number of fused-ring (bicyclic) bond motifs is 1. The molecule has 0 saturated carbocycles. The van der Waals surface area contributed by atoms with Crippen molar-refractivity contribution in [2.24, 2.45) is 5.16 Å². The lowest BCUT2D eigenvalue weighted by molar-refractivity contribution is 0.0179. The molecule has 2 aliphatic rings. The van der Waals surface area contributed by atoms with Crippen LogP contribution in [-0.4, -0.2) is 40.5 Å². The largest absolute Gasteiger partial charge is 0.495 e. The summed E-state index contributed by atoms with van der Waals surface area (Å²) in [7, 11) is 1.63. The van der Waals surface area contributed by atoms with Gasteiger partial charge in [0.15, 0.2) is 29.4 Å². The van der Waals surface area contributed by atoms with Crippen molar-refractivity contribution in [2.45, 2.75) is 25.9 Å². The van der Waals surface area contributed by atoms with Gasteiger partial charge in [0, 0.05) is 18.3 Å². The Balaban J connectivity index is 1.41. The molecule has 2 aliphatic heterocycles. The lowest BCUT2D eigenvalue weighted by Gasteiger charge is -2.37. The lowest BCUT2D eigenvalue weighted by Crippen LogP contribution is -2.43. The molecule has 0 radical (unpaired) electrons. The van der Waals surface area contributed by atoms with Crippen LogP contribution in [0, 0.1) is 24.4 Å². The van der Waals surface area contributed by atoms with E-state index in [1.54, 1.807) is 13.4 Å². The van der Waals surface area contributed by atoms with Gasteiger partial charge in [-0.2, -0.15) is 0 Å². The minimum absolute atomic E-state index is 0.213. The zero-order valence-electron chi connectivity index (χ0n) is 18.8. The van der Waals surface area contributed by atoms with Crippen molar-refractivity contribution in [1.82, 2.24) is 14.5 Å². The molecule has 1 aromatic heterocycles. The van der Waals surface area contributed by atoms with Gasteiger partial charge >= 0.3 is 0 Å². The molecule has 5 rings (SSSR count). The standard InChI is InChI=1S/C25H23F3N4O2/c1-15-12-32(14-29-15)21-6-5-16(9-22(21)33-2)8-17-4-3-7-31-13-23(34-30-25(17)31)18-10-19(26)24(28)20(27)11-18/h5-6,8-12,14,23H,3-4,7,13H2,1-2H3. The highest BCUT2D eigenvalue weighted by Crippen LogP contribution is 2.32. The number of aromatic nitrogens is 2. The van der Waals surface area contributed by atoms with Crippen LogP contribution in [0.15, 0.2) is 53.6 Å². The van der Waals surface area contributed by atoms with Gasteiger partial charge < -0.3 is 19.0 Å². The van der Waals surface area contributed by atoms with Crippen LogP contribution in [0.4, 0.5) is 13.2 Å². The first-order chi connectivity index (χ1) is 16.4. The zero-order chi connectivity index (χ0) is 23.8. The smallest absolute Gasteiger partial charge is 0.194 e. The van der Waals surface area contributed by atoms with Crippen molar-refractivity contribution in [3.05, 3.63) is 82.7 Å².